The zero-order chi connectivity index (χ0) is 13.3. The molecular weight excluding hydrogens is 239 g/mol. The molecule has 0 saturated heterocycles. The van der Waals surface area contributed by atoms with Gasteiger partial charge in [-0.2, -0.15) is 5.26 Å². The van der Waals surface area contributed by atoms with Crippen LogP contribution in [0.5, 0.6) is 5.75 Å². The number of non-ortho nitro benzene ring substituents is 1. The van der Waals surface area contributed by atoms with Crippen molar-refractivity contribution < 1.29 is 14.1 Å². The largest absolute Gasteiger partial charge is 0.480 e. The minimum absolute atomic E-state index is 0.137. The zero-order valence-corrected chi connectivity index (χ0v) is 9.51. The van der Waals surface area contributed by atoms with Gasteiger partial charge in [0.15, 0.2) is 5.60 Å². The van der Waals surface area contributed by atoms with E-state index >= 15 is 0 Å². The number of alkyl halides is 1. The Hall–Kier alpha value is -2.42. The van der Waals surface area contributed by atoms with Crippen LogP contribution >= 0.6 is 0 Å². The first-order valence-electron chi connectivity index (χ1n) is 5.16. The molecule has 5 nitrogen and oxygen atoms in total. The van der Waals surface area contributed by atoms with Gasteiger partial charge < -0.3 is 4.74 Å². The van der Waals surface area contributed by atoms with E-state index in [1.807, 2.05) is 6.07 Å². The van der Waals surface area contributed by atoms with Crippen LogP contribution in [0, 0.1) is 21.4 Å². The Morgan fingerprint density at radius 2 is 2.33 bits per heavy atom. The standard InChI is InChI=1S/C12H9FN2O3/c1-12(7-13)5-8(6-14)10-4-9(15(16)17)2-3-11(10)18-12/h2-5H,7H2,1H3. The van der Waals surface area contributed by atoms with Gasteiger partial charge in [-0.1, -0.05) is 0 Å². The molecule has 1 heterocycles. The van der Waals surface area contributed by atoms with Crippen molar-refractivity contribution in [2.75, 3.05) is 6.67 Å². The molecule has 2 rings (SSSR count). The molecule has 1 aliphatic heterocycles. The number of rotatable bonds is 2. The highest BCUT2D eigenvalue weighted by molar-refractivity contribution is 5.83. The van der Waals surface area contributed by atoms with Crippen molar-refractivity contribution in [1.29, 1.82) is 5.26 Å². The lowest BCUT2D eigenvalue weighted by Crippen LogP contribution is -2.35. The number of hydrogen-bond acceptors (Lipinski definition) is 4. The third-order valence-corrected chi connectivity index (χ3v) is 2.64. The number of fused-ring (bicyclic) bond motifs is 1. The number of ether oxygens (including phenoxy) is 1. The highest BCUT2D eigenvalue weighted by atomic mass is 19.1. The van der Waals surface area contributed by atoms with Crippen LogP contribution in [0.1, 0.15) is 12.5 Å². The summed E-state index contributed by atoms with van der Waals surface area (Å²) >= 11 is 0. The highest BCUT2D eigenvalue weighted by Gasteiger charge is 2.32. The average Bonchev–Trinajstić information content (AvgIpc) is 2.37. The summed E-state index contributed by atoms with van der Waals surface area (Å²) in [7, 11) is 0. The topological polar surface area (TPSA) is 76.2 Å². The van der Waals surface area contributed by atoms with Gasteiger partial charge in [-0.25, -0.2) is 4.39 Å². The molecule has 0 bridgehead atoms. The van der Waals surface area contributed by atoms with Crippen LogP contribution in [0.15, 0.2) is 24.3 Å². The minimum Gasteiger partial charge on any atom is -0.480 e. The molecule has 0 amide bonds. The minimum atomic E-state index is -1.20. The molecule has 0 aromatic heterocycles. The molecule has 1 aliphatic rings. The summed E-state index contributed by atoms with van der Waals surface area (Å²) < 4.78 is 18.3. The van der Waals surface area contributed by atoms with E-state index < -0.39 is 17.2 Å². The van der Waals surface area contributed by atoms with Gasteiger partial charge in [0, 0.05) is 17.7 Å². The number of nitro benzene ring substituents is 1. The number of nitriles is 1. The van der Waals surface area contributed by atoms with Gasteiger partial charge in [-0.15, -0.1) is 0 Å². The summed E-state index contributed by atoms with van der Waals surface area (Å²) in [5.74, 6) is 0.278. The number of benzene rings is 1. The van der Waals surface area contributed by atoms with E-state index in [-0.39, 0.29) is 17.0 Å². The van der Waals surface area contributed by atoms with E-state index in [0.717, 1.165) is 0 Å². The van der Waals surface area contributed by atoms with Crippen LogP contribution in [-0.4, -0.2) is 17.2 Å². The summed E-state index contributed by atoms with van der Waals surface area (Å²) in [5.41, 5.74) is -0.839. The molecule has 1 aromatic rings. The number of nitrogens with zero attached hydrogens (tertiary/aromatic N) is 2. The first-order valence-corrected chi connectivity index (χ1v) is 5.16. The average molecular weight is 248 g/mol. The van der Waals surface area contributed by atoms with Crippen molar-refractivity contribution in [3.8, 4) is 11.8 Å². The van der Waals surface area contributed by atoms with E-state index in [2.05, 4.69) is 0 Å². The summed E-state index contributed by atoms with van der Waals surface area (Å²) in [5, 5.41) is 19.7. The summed E-state index contributed by atoms with van der Waals surface area (Å²) in [6.07, 6.45) is 1.35. The highest BCUT2D eigenvalue weighted by Crippen LogP contribution is 2.37. The van der Waals surface area contributed by atoms with Crippen LogP contribution in [0.3, 0.4) is 0 Å². The van der Waals surface area contributed by atoms with Gasteiger partial charge in [-0.3, -0.25) is 10.1 Å². The number of hydrogen-bond donors (Lipinski definition) is 0. The monoisotopic (exact) mass is 248 g/mol. The molecule has 1 unspecified atom stereocenters. The molecule has 6 heteroatoms. The van der Waals surface area contributed by atoms with E-state index in [4.69, 9.17) is 10.00 Å². The second-order valence-corrected chi connectivity index (χ2v) is 4.16. The lowest BCUT2D eigenvalue weighted by atomic mass is 9.95. The molecule has 1 aromatic carbocycles. The zero-order valence-electron chi connectivity index (χ0n) is 9.51. The normalized spacial score (nSPS) is 21.3. The van der Waals surface area contributed by atoms with Gasteiger partial charge in [0.25, 0.3) is 5.69 Å². The molecule has 0 aliphatic carbocycles. The summed E-state index contributed by atoms with van der Waals surface area (Å²) in [6, 6.07) is 5.80. The van der Waals surface area contributed by atoms with Crippen molar-refractivity contribution in [2.45, 2.75) is 12.5 Å². The molecular formula is C12H9FN2O3. The maximum atomic E-state index is 12.9. The summed E-state index contributed by atoms with van der Waals surface area (Å²) in [4.78, 5) is 10.1. The molecule has 0 saturated carbocycles. The first-order chi connectivity index (χ1) is 8.49. The van der Waals surface area contributed by atoms with E-state index in [1.165, 1.54) is 31.2 Å². The Morgan fingerprint density at radius 3 is 2.89 bits per heavy atom. The SMILES string of the molecule is CC1(CF)C=C(C#N)c2cc([N+](=O)[O-])ccc2O1. The number of allylic oxidation sites excluding steroid dienone is 1. The van der Waals surface area contributed by atoms with Crippen molar-refractivity contribution in [1.82, 2.24) is 0 Å². The molecule has 92 valence electrons. The Bertz CT molecular complexity index is 591. The lowest BCUT2D eigenvalue weighted by Gasteiger charge is -2.30. The maximum Gasteiger partial charge on any atom is 0.270 e. The predicted octanol–water partition coefficient (Wildman–Crippen LogP) is 2.62. The molecule has 0 fully saturated rings. The van der Waals surface area contributed by atoms with Crippen molar-refractivity contribution in [3.63, 3.8) is 0 Å². The molecule has 1 atom stereocenters. The Kier molecular flexibility index (Phi) is 2.75. The second-order valence-electron chi connectivity index (χ2n) is 4.16. The van der Waals surface area contributed by atoms with Crippen molar-refractivity contribution >= 4 is 11.3 Å². The van der Waals surface area contributed by atoms with Crippen LogP contribution in [-0.2, 0) is 0 Å². The van der Waals surface area contributed by atoms with E-state index in [9.17, 15) is 14.5 Å². The van der Waals surface area contributed by atoms with Gasteiger partial charge in [0.2, 0.25) is 0 Å². The fourth-order valence-electron chi connectivity index (χ4n) is 1.75. The smallest absolute Gasteiger partial charge is 0.270 e. The van der Waals surface area contributed by atoms with Crippen LogP contribution in [0.25, 0.3) is 5.57 Å². The van der Waals surface area contributed by atoms with Gasteiger partial charge in [0.05, 0.1) is 16.6 Å². The van der Waals surface area contributed by atoms with Gasteiger partial charge >= 0.3 is 0 Å². The fourth-order valence-corrected chi connectivity index (χ4v) is 1.75. The van der Waals surface area contributed by atoms with E-state index in [1.54, 1.807) is 0 Å². The van der Waals surface area contributed by atoms with Crippen LogP contribution in [0.4, 0.5) is 10.1 Å². The third-order valence-electron chi connectivity index (χ3n) is 2.64. The lowest BCUT2D eigenvalue weighted by molar-refractivity contribution is -0.384. The number of halogens is 1. The maximum absolute atomic E-state index is 12.9. The third kappa shape index (κ3) is 1.91. The number of nitro groups is 1. The summed E-state index contributed by atoms with van der Waals surface area (Å²) in [6.45, 7) is 0.725. The van der Waals surface area contributed by atoms with Crippen LogP contribution in [0.2, 0.25) is 0 Å². The first kappa shape index (κ1) is 12.0. The quantitative estimate of drug-likeness (QED) is 0.595. The Balaban J connectivity index is 2.58. The Labute approximate surface area is 102 Å². The Morgan fingerprint density at radius 1 is 1.61 bits per heavy atom. The van der Waals surface area contributed by atoms with Crippen molar-refractivity contribution in [2.24, 2.45) is 0 Å². The van der Waals surface area contributed by atoms with Gasteiger partial charge in [-0.05, 0) is 19.1 Å². The molecule has 0 N–H and O–H groups in total. The molecule has 0 radical (unpaired) electrons. The predicted molar refractivity (Wildman–Crippen MR) is 61.7 cm³/mol. The van der Waals surface area contributed by atoms with Gasteiger partial charge in [0.1, 0.15) is 12.4 Å². The van der Waals surface area contributed by atoms with Crippen LogP contribution < -0.4 is 4.74 Å². The second kappa shape index (κ2) is 4.11. The molecule has 0 spiro atoms. The fraction of sp³-hybridized carbons (Fsp3) is 0.250. The van der Waals surface area contributed by atoms with Crippen molar-refractivity contribution in [3.05, 3.63) is 40.0 Å². The molecule has 18 heavy (non-hydrogen) atoms. The van der Waals surface area contributed by atoms with E-state index in [0.29, 0.717) is 5.56 Å².